The van der Waals surface area contributed by atoms with Gasteiger partial charge in [0.1, 0.15) is 5.82 Å². The molecule has 1 unspecified atom stereocenters. The van der Waals surface area contributed by atoms with Gasteiger partial charge in [0.2, 0.25) is 0 Å². The van der Waals surface area contributed by atoms with Crippen molar-refractivity contribution in [1.29, 1.82) is 0 Å². The van der Waals surface area contributed by atoms with Crippen LogP contribution in [0.3, 0.4) is 0 Å². The number of aryl methyl sites for hydroxylation is 1. The summed E-state index contributed by atoms with van der Waals surface area (Å²) in [4.78, 5) is 5.74. The van der Waals surface area contributed by atoms with Gasteiger partial charge in [-0.05, 0) is 81.4 Å². The predicted molar refractivity (Wildman–Crippen MR) is 105 cm³/mol. The molecule has 0 spiro atoms. The molecule has 5 nitrogen and oxygen atoms in total. The maximum atomic E-state index is 13.1. The topological polar surface area (TPSA) is 65.2 Å². The minimum Gasteiger partial charge on any atom is -0.358 e. The van der Waals surface area contributed by atoms with Gasteiger partial charge >= 0.3 is 0 Å². The van der Waals surface area contributed by atoms with E-state index in [9.17, 15) is 12.8 Å². The second-order valence-corrected chi connectivity index (χ2v) is 8.94. The molecule has 27 heavy (non-hydrogen) atoms. The van der Waals surface area contributed by atoms with Gasteiger partial charge in [-0.3, -0.25) is 4.72 Å². The zero-order valence-corrected chi connectivity index (χ0v) is 16.1. The standard InChI is InChI=1S/C20H22FN3O2S/c1-24(2)15-6-10-20-18(12-15)17-11-14(5-9-19(17)22-20)23-27(25,26)16-7-3-13(21)4-8-16/h3-5,7-9,11,15,22-23H,6,10,12H2,1-2H3. The zero-order valence-electron chi connectivity index (χ0n) is 15.3. The van der Waals surface area contributed by atoms with Crippen molar-refractivity contribution >= 4 is 26.6 Å². The highest BCUT2D eigenvalue weighted by Gasteiger charge is 2.24. The Morgan fingerprint density at radius 2 is 1.89 bits per heavy atom. The largest absolute Gasteiger partial charge is 0.358 e. The average molecular weight is 387 g/mol. The Morgan fingerprint density at radius 1 is 1.15 bits per heavy atom. The molecule has 142 valence electrons. The molecule has 0 saturated heterocycles. The average Bonchev–Trinajstić information content (AvgIpc) is 2.99. The third-order valence-corrected chi connectivity index (χ3v) is 6.67. The summed E-state index contributed by atoms with van der Waals surface area (Å²) in [5, 5.41) is 1.05. The molecular formula is C20H22FN3O2S. The van der Waals surface area contributed by atoms with Crippen molar-refractivity contribution in [1.82, 2.24) is 9.88 Å². The highest BCUT2D eigenvalue weighted by Crippen LogP contribution is 2.32. The monoisotopic (exact) mass is 387 g/mol. The fraction of sp³-hybridized carbons (Fsp3) is 0.300. The lowest BCUT2D eigenvalue weighted by atomic mass is 9.91. The number of fused-ring (bicyclic) bond motifs is 3. The van der Waals surface area contributed by atoms with Crippen molar-refractivity contribution in [3.63, 3.8) is 0 Å². The third-order valence-electron chi connectivity index (χ3n) is 5.27. The van der Waals surface area contributed by atoms with E-state index in [1.165, 1.54) is 23.4 Å². The van der Waals surface area contributed by atoms with E-state index in [0.29, 0.717) is 11.7 Å². The number of halogens is 1. The van der Waals surface area contributed by atoms with Crippen molar-refractivity contribution in [2.45, 2.75) is 30.2 Å². The Kier molecular flexibility index (Phi) is 4.44. The first kappa shape index (κ1) is 18.0. The fourth-order valence-corrected chi connectivity index (χ4v) is 4.78. The van der Waals surface area contributed by atoms with Crippen LogP contribution in [0.5, 0.6) is 0 Å². The Balaban J connectivity index is 1.67. The highest BCUT2D eigenvalue weighted by molar-refractivity contribution is 7.92. The number of nitrogens with one attached hydrogen (secondary N) is 2. The van der Waals surface area contributed by atoms with Crippen LogP contribution in [0.2, 0.25) is 0 Å². The number of hydrogen-bond donors (Lipinski definition) is 2. The summed E-state index contributed by atoms with van der Waals surface area (Å²) in [6.07, 6.45) is 3.04. The fourth-order valence-electron chi connectivity index (χ4n) is 3.73. The number of anilines is 1. The first-order valence-corrected chi connectivity index (χ1v) is 10.4. The minimum absolute atomic E-state index is 0.0350. The predicted octanol–water partition coefficient (Wildman–Crippen LogP) is 3.53. The number of likely N-dealkylation sites (N-methyl/N-ethyl adjacent to an activating group) is 1. The molecule has 1 aliphatic carbocycles. The lowest BCUT2D eigenvalue weighted by Gasteiger charge is -2.28. The Bertz CT molecular complexity index is 1090. The van der Waals surface area contributed by atoms with E-state index >= 15 is 0 Å². The van der Waals surface area contributed by atoms with Crippen molar-refractivity contribution in [3.05, 3.63) is 59.5 Å². The van der Waals surface area contributed by atoms with Gasteiger partial charge in [0, 0.05) is 28.3 Å². The molecule has 0 amide bonds. The highest BCUT2D eigenvalue weighted by atomic mass is 32.2. The molecule has 2 N–H and O–H groups in total. The van der Waals surface area contributed by atoms with Crippen LogP contribution < -0.4 is 4.72 Å². The van der Waals surface area contributed by atoms with Crippen LogP contribution in [-0.4, -0.2) is 38.4 Å². The third kappa shape index (κ3) is 3.44. The number of hydrogen-bond acceptors (Lipinski definition) is 3. The van der Waals surface area contributed by atoms with Crippen LogP contribution in [0.1, 0.15) is 17.7 Å². The van der Waals surface area contributed by atoms with Gasteiger partial charge in [-0.25, -0.2) is 12.8 Å². The summed E-state index contributed by atoms with van der Waals surface area (Å²) in [5.41, 5.74) is 4.02. The summed E-state index contributed by atoms with van der Waals surface area (Å²) >= 11 is 0. The molecule has 1 atom stereocenters. The number of H-pyrrole nitrogens is 1. The molecule has 0 saturated carbocycles. The second kappa shape index (κ2) is 6.65. The summed E-state index contributed by atoms with van der Waals surface area (Å²) in [6, 6.07) is 10.8. The molecule has 7 heteroatoms. The van der Waals surface area contributed by atoms with E-state index in [0.717, 1.165) is 42.3 Å². The number of nitrogens with zero attached hydrogens (tertiary/aromatic N) is 1. The molecule has 1 aromatic heterocycles. The summed E-state index contributed by atoms with van der Waals surface area (Å²) in [7, 11) is 0.418. The molecule has 1 heterocycles. The lowest BCUT2D eigenvalue weighted by Crippen LogP contribution is -2.33. The number of aromatic amines is 1. The van der Waals surface area contributed by atoms with Crippen molar-refractivity contribution in [2.75, 3.05) is 18.8 Å². The van der Waals surface area contributed by atoms with Crippen molar-refractivity contribution in [2.24, 2.45) is 0 Å². The number of sulfonamides is 1. The summed E-state index contributed by atoms with van der Waals surface area (Å²) in [5.74, 6) is -0.468. The van der Waals surface area contributed by atoms with Crippen molar-refractivity contribution in [3.8, 4) is 0 Å². The van der Waals surface area contributed by atoms with E-state index in [2.05, 4.69) is 28.7 Å². The lowest BCUT2D eigenvalue weighted by molar-refractivity contribution is 0.268. The van der Waals surface area contributed by atoms with Crippen LogP contribution >= 0.6 is 0 Å². The minimum atomic E-state index is -3.76. The van der Waals surface area contributed by atoms with E-state index in [-0.39, 0.29) is 4.90 Å². The molecule has 3 aromatic rings. The smallest absolute Gasteiger partial charge is 0.261 e. The molecule has 4 rings (SSSR count). The molecule has 0 aliphatic heterocycles. The summed E-state index contributed by atoms with van der Waals surface area (Å²) < 4.78 is 40.8. The number of aromatic nitrogens is 1. The van der Waals surface area contributed by atoms with Crippen LogP contribution in [0, 0.1) is 5.82 Å². The maximum Gasteiger partial charge on any atom is 0.261 e. The first-order chi connectivity index (χ1) is 12.8. The van der Waals surface area contributed by atoms with Crippen LogP contribution in [-0.2, 0) is 22.9 Å². The number of benzene rings is 2. The normalized spacial score (nSPS) is 17.3. The molecule has 0 bridgehead atoms. The van der Waals surface area contributed by atoms with E-state index in [1.54, 1.807) is 6.07 Å². The molecule has 0 fully saturated rings. The summed E-state index contributed by atoms with van der Waals surface area (Å²) in [6.45, 7) is 0. The maximum absolute atomic E-state index is 13.1. The Hall–Kier alpha value is -2.38. The van der Waals surface area contributed by atoms with Gasteiger partial charge in [-0.2, -0.15) is 0 Å². The quantitative estimate of drug-likeness (QED) is 0.720. The van der Waals surface area contributed by atoms with E-state index in [1.807, 2.05) is 12.1 Å². The van der Waals surface area contributed by atoms with Crippen LogP contribution in [0.25, 0.3) is 10.9 Å². The Labute approximate surface area is 158 Å². The van der Waals surface area contributed by atoms with Gasteiger partial charge in [0.05, 0.1) is 4.90 Å². The van der Waals surface area contributed by atoms with Crippen molar-refractivity contribution < 1.29 is 12.8 Å². The molecule has 0 radical (unpaired) electrons. The first-order valence-electron chi connectivity index (χ1n) is 8.92. The van der Waals surface area contributed by atoms with Gasteiger partial charge in [-0.1, -0.05) is 0 Å². The molecule has 2 aromatic carbocycles. The van der Waals surface area contributed by atoms with E-state index < -0.39 is 15.8 Å². The van der Waals surface area contributed by atoms with E-state index in [4.69, 9.17) is 0 Å². The van der Waals surface area contributed by atoms with Crippen LogP contribution in [0.15, 0.2) is 47.4 Å². The van der Waals surface area contributed by atoms with Gasteiger partial charge in [0.15, 0.2) is 0 Å². The van der Waals surface area contributed by atoms with Gasteiger partial charge < -0.3 is 9.88 Å². The second-order valence-electron chi connectivity index (χ2n) is 7.26. The Morgan fingerprint density at radius 3 is 2.59 bits per heavy atom. The molecular weight excluding hydrogens is 365 g/mol. The molecule has 1 aliphatic rings. The number of rotatable bonds is 4. The SMILES string of the molecule is CN(C)C1CCc2[nH]c3ccc(NS(=O)(=O)c4ccc(F)cc4)cc3c2C1. The van der Waals surface area contributed by atoms with Gasteiger partial charge in [0.25, 0.3) is 10.0 Å². The zero-order chi connectivity index (χ0) is 19.2. The van der Waals surface area contributed by atoms with Gasteiger partial charge in [-0.15, -0.1) is 0 Å². The van der Waals surface area contributed by atoms with Crippen LogP contribution in [0.4, 0.5) is 10.1 Å².